The normalized spacial score (nSPS) is 10.9. The summed E-state index contributed by atoms with van der Waals surface area (Å²) in [5, 5.41) is 14.3. The van der Waals surface area contributed by atoms with Crippen molar-refractivity contribution in [3.05, 3.63) is 63.2 Å². The topological polar surface area (TPSA) is 84.3 Å². The molecule has 0 atom stereocenters. The van der Waals surface area contributed by atoms with Gasteiger partial charge in [-0.15, -0.1) is 11.3 Å². The van der Waals surface area contributed by atoms with Gasteiger partial charge in [0.2, 0.25) is 0 Å². The molecule has 0 bridgehead atoms. The summed E-state index contributed by atoms with van der Waals surface area (Å²) in [4.78, 5) is 22.1. The first-order chi connectivity index (χ1) is 14.4. The molecule has 4 rings (SSSR count). The molecule has 6 nitrogen and oxygen atoms in total. The number of carboxylic acid groups (broad SMARTS) is 1. The van der Waals surface area contributed by atoms with Gasteiger partial charge in [-0.25, -0.2) is 14.8 Å². The summed E-state index contributed by atoms with van der Waals surface area (Å²) in [5.74, 6) is -0.372. The smallest absolute Gasteiger partial charge is 0.339 e. The van der Waals surface area contributed by atoms with Crippen molar-refractivity contribution in [3.63, 3.8) is 0 Å². The maximum Gasteiger partial charge on any atom is 0.339 e. The van der Waals surface area contributed by atoms with Crippen LogP contribution in [-0.4, -0.2) is 28.2 Å². The molecular formula is C21H15Cl2N3O3S. The van der Waals surface area contributed by atoms with Crippen LogP contribution >= 0.6 is 34.5 Å². The van der Waals surface area contributed by atoms with Crippen LogP contribution in [0.4, 0.5) is 11.5 Å². The third kappa shape index (κ3) is 3.67. The van der Waals surface area contributed by atoms with Gasteiger partial charge in [0, 0.05) is 21.5 Å². The predicted octanol–water partition coefficient (Wildman–Crippen LogP) is 6.42. The van der Waals surface area contributed by atoms with Crippen LogP contribution in [0.25, 0.3) is 21.3 Å². The highest BCUT2D eigenvalue weighted by Gasteiger charge is 2.19. The van der Waals surface area contributed by atoms with E-state index in [4.69, 9.17) is 27.9 Å². The summed E-state index contributed by atoms with van der Waals surface area (Å²) in [6.45, 7) is 2.03. The Morgan fingerprint density at radius 3 is 2.57 bits per heavy atom. The number of aryl methyl sites for hydroxylation is 1. The molecule has 2 N–H and O–H groups in total. The van der Waals surface area contributed by atoms with E-state index in [2.05, 4.69) is 15.3 Å². The first kappa shape index (κ1) is 20.4. The van der Waals surface area contributed by atoms with Crippen LogP contribution in [0.15, 0.2) is 42.7 Å². The molecule has 0 aliphatic heterocycles. The monoisotopic (exact) mass is 459 g/mol. The molecule has 0 unspecified atom stereocenters. The number of thiophene rings is 1. The second-order valence-electron chi connectivity index (χ2n) is 6.41. The Kier molecular flexibility index (Phi) is 5.51. The number of aromatic carboxylic acids is 1. The van der Waals surface area contributed by atoms with Crippen molar-refractivity contribution in [2.75, 3.05) is 12.4 Å². The second-order valence-corrected chi connectivity index (χ2v) is 8.45. The van der Waals surface area contributed by atoms with Gasteiger partial charge in [-0.1, -0.05) is 35.3 Å². The third-order valence-electron chi connectivity index (χ3n) is 4.57. The minimum atomic E-state index is -1.12. The van der Waals surface area contributed by atoms with E-state index in [9.17, 15) is 9.90 Å². The van der Waals surface area contributed by atoms with Crippen LogP contribution in [0.3, 0.4) is 0 Å². The zero-order chi connectivity index (χ0) is 21.4. The molecule has 2 aromatic heterocycles. The van der Waals surface area contributed by atoms with Gasteiger partial charge in [0.15, 0.2) is 0 Å². The van der Waals surface area contributed by atoms with Gasteiger partial charge in [-0.2, -0.15) is 0 Å². The van der Waals surface area contributed by atoms with Crippen molar-refractivity contribution < 1.29 is 14.6 Å². The van der Waals surface area contributed by atoms with Crippen LogP contribution < -0.4 is 10.1 Å². The molecule has 0 saturated carbocycles. The quantitative estimate of drug-likeness (QED) is 0.357. The lowest BCUT2D eigenvalue weighted by Gasteiger charge is -2.13. The van der Waals surface area contributed by atoms with Gasteiger partial charge >= 0.3 is 5.97 Å². The van der Waals surface area contributed by atoms with Crippen LogP contribution in [0.2, 0.25) is 10.0 Å². The SMILES string of the molecule is COc1cc(Nc2ncnc3sc(C)c(-c4ccc(Cl)cc4)c23)c(Cl)cc1C(=O)O. The summed E-state index contributed by atoms with van der Waals surface area (Å²) in [6, 6.07) is 10.5. The number of hydrogen-bond acceptors (Lipinski definition) is 6. The van der Waals surface area contributed by atoms with E-state index >= 15 is 0 Å². The number of rotatable bonds is 5. The van der Waals surface area contributed by atoms with Crippen LogP contribution in [0.5, 0.6) is 5.75 Å². The molecule has 30 heavy (non-hydrogen) atoms. The van der Waals surface area contributed by atoms with E-state index in [0.717, 1.165) is 26.2 Å². The minimum absolute atomic E-state index is 0.0193. The molecule has 0 amide bonds. The fourth-order valence-electron chi connectivity index (χ4n) is 3.22. The number of ether oxygens (including phenoxy) is 1. The minimum Gasteiger partial charge on any atom is -0.496 e. The molecule has 0 aliphatic rings. The van der Waals surface area contributed by atoms with E-state index in [1.165, 1.54) is 19.5 Å². The van der Waals surface area contributed by atoms with Gasteiger partial charge in [0.25, 0.3) is 0 Å². The number of anilines is 2. The average Bonchev–Trinajstić information content (AvgIpc) is 3.06. The molecule has 152 valence electrons. The number of nitrogens with one attached hydrogen (secondary N) is 1. The molecule has 0 aliphatic carbocycles. The van der Waals surface area contributed by atoms with Crippen molar-refractivity contribution in [3.8, 4) is 16.9 Å². The van der Waals surface area contributed by atoms with Crippen molar-refractivity contribution in [2.45, 2.75) is 6.92 Å². The maximum atomic E-state index is 11.4. The summed E-state index contributed by atoms with van der Waals surface area (Å²) < 4.78 is 5.21. The Hall–Kier alpha value is -2.87. The lowest BCUT2D eigenvalue weighted by Crippen LogP contribution is -2.03. The Labute approximate surface area is 186 Å². The standard InChI is InChI=1S/C21H15Cl2N3O3S/c1-10-17(11-3-5-12(22)6-4-11)18-19(24-9-25-20(18)30-10)26-15-8-16(29-2)13(21(27)28)7-14(15)23/h3-9H,1-2H3,(H,27,28)(H,24,25,26). The van der Waals surface area contributed by atoms with E-state index in [0.29, 0.717) is 16.5 Å². The number of carboxylic acids is 1. The zero-order valence-corrected chi connectivity index (χ0v) is 18.2. The Balaban J connectivity index is 1.87. The van der Waals surface area contributed by atoms with Crippen molar-refractivity contribution in [1.29, 1.82) is 0 Å². The molecule has 9 heteroatoms. The van der Waals surface area contributed by atoms with Crippen molar-refractivity contribution in [1.82, 2.24) is 9.97 Å². The number of nitrogens with zero attached hydrogens (tertiary/aromatic N) is 2. The first-order valence-electron chi connectivity index (χ1n) is 8.77. The lowest BCUT2D eigenvalue weighted by atomic mass is 10.0. The average molecular weight is 460 g/mol. The number of benzene rings is 2. The van der Waals surface area contributed by atoms with E-state index in [1.807, 2.05) is 31.2 Å². The fraction of sp³-hybridized carbons (Fsp3) is 0.0952. The summed E-state index contributed by atoms with van der Waals surface area (Å²) in [5.41, 5.74) is 2.45. The van der Waals surface area contributed by atoms with E-state index < -0.39 is 5.97 Å². The fourth-order valence-corrected chi connectivity index (χ4v) is 4.57. The van der Waals surface area contributed by atoms with Gasteiger partial charge in [-0.3, -0.25) is 0 Å². The largest absolute Gasteiger partial charge is 0.496 e. The summed E-state index contributed by atoms with van der Waals surface area (Å²) in [7, 11) is 1.41. The van der Waals surface area contributed by atoms with Crippen molar-refractivity contribution in [2.24, 2.45) is 0 Å². The molecule has 0 radical (unpaired) electrons. The predicted molar refractivity (Wildman–Crippen MR) is 121 cm³/mol. The Morgan fingerprint density at radius 2 is 1.90 bits per heavy atom. The van der Waals surface area contributed by atoms with Crippen LogP contribution in [0, 0.1) is 6.92 Å². The van der Waals surface area contributed by atoms with Gasteiger partial charge in [-0.05, 0) is 30.7 Å². The third-order valence-corrected chi connectivity index (χ3v) is 6.15. The lowest BCUT2D eigenvalue weighted by molar-refractivity contribution is 0.0693. The second kappa shape index (κ2) is 8.10. The van der Waals surface area contributed by atoms with Gasteiger partial charge < -0.3 is 15.2 Å². The summed E-state index contributed by atoms with van der Waals surface area (Å²) in [6.07, 6.45) is 1.48. The number of hydrogen-bond donors (Lipinski definition) is 2. The molecule has 2 aromatic carbocycles. The molecular weight excluding hydrogens is 445 g/mol. The van der Waals surface area contributed by atoms with Crippen molar-refractivity contribution >= 4 is 62.2 Å². The number of halogens is 2. The maximum absolute atomic E-state index is 11.4. The molecule has 2 heterocycles. The number of methoxy groups -OCH3 is 1. The highest BCUT2D eigenvalue weighted by molar-refractivity contribution is 7.19. The van der Waals surface area contributed by atoms with Gasteiger partial charge in [0.05, 0.1) is 23.2 Å². The number of carbonyl (C=O) groups is 1. The highest BCUT2D eigenvalue weighted by atomic mass is 35.5. The Bertz CT molecular complexity index is 1270. The molecule has 4 aromatic rings. The molecule has 0 spiro atoms. The number of aromatic nitrogens is 2. The Morgan fingerprint density at radius 1 is 1.17 bits per heavy atom. The van der Waals surface area contributed by atoms with E-state index in [1.54, 1.807) is 17.4 Å². The molecule has 0 fully saturated rings. The zero-order valence-electron chi connectivity index (χ0n) is 15.9. The molecule has 0 saturated heterocycles. The first-order valence-corrected chi connectivity index (χ1v) is 10.3. The van der Waals surface area contributed by atoms with Crippen LogP contribution in [0.1, 0.15) is 15.2 Å². The van der Waals surface area contributed by atoms with Crippen LogP contribution in [-0.2, 0) is 0 Å². The van der Waals surface area contributed by atoms with E-state index in [-0.39, 0.29) is 16.3 Å². The number of fused-ring (bicyclic) bond motifs is 1. The highest BCUT2D eigenvalue weighted by Crippen LogP contribution is 2.42. The summed E-state index contributed by atoms with van der Waals surface area (Å²) >= 11 is 14.0. The van der Waals surface area contributed by atoms with Gasteiger partial charge in [0.1, 0.15) is 28.3 Å².